The molecule has 2 aromatic heterocycles. The Kier molecular flexibility index (Phi) is 4.41. The molecule has 3 rings (SSSR count). The number of halogens is 2. The van der Waals surface area contributed by atoms with Crippen LogP contribution in [-0.2, 0) is 6.54 Å². The van der Waals surface area contributed by atoms with Gasteiger partial charge in [-0.25, -0.2) is 9.67 Å². The van der Waals surface area contributed by atoms with Gasteiger partial charge in [-0.1, -0.05) is 29.8 Å². The smallest absolute Gasteiger partial charge is 0.267 e. The van der Waals surface area contributed by atoms with Gasteiger partial charge >= 0.3 is 0 Å². The molecule has 112 valence electrons. The van der Waals surface area contributed by atoms with Gasteiger partial charge in [0, 0.05) is 29.6 Å². The van der Waals surface area contributed by atoms with Gasteiger partial charge in [-0.15, -0.1) is 11.6 Å². The minimum Gasteiger partial charge on any atom is -0.267 e. The van der Waals surface area contributed by atoms with Crippen molar-refractivity contribution in [1.82, 2.24) is 14.8 Å². The lowest BCUT2D eigenvalue weighted by molar-refractivity contribution is 0.578. The van der Waals surface area contributed by atoms with Crippen molar-refractivity contribution in [2.75, 3.05) is 5.88 Å². The lowest BCUT2D eigenvalue weighted by atomic mass is 10.1. The highest BCUT2D eigenvalue weighted by Gasteiger charge is 2.12. The molecule has 4 nitrogen and oxygen atoms in total. The number of aryl methyl sites for hydroxylation is 1. The van der Waals surface area contributed by atoms with Crippen LogP contribution in [0.3, 0.4) is 0 Å². The maximum absolute atomic E-state index is 12.5. The Morgan fingerprint density at radius 1 is 1.09 bits per heavy atom. The monoisotopic (exact) mass is 333 g/mol. The van der Waals surface area contributed by atoms with Gasteiger partial charge in [-0.2, -0.15) is 5.10 Å². The number of aromatic nitrogens is 3. The Morgan fingerprint density at radius 2 is 1.86 bits per heavy atom. The Balaban J connectivity index is 2.25. The molecule has 22 heavy (non-hydrogen) atoms. The molecule has 0 radical (unpaired) electrons. The second-order valence-corrected chi connectivity index (χ2v) is 5.60. The summed E-state index contributed by atoms with van der Waals surface area (Å²) in [6, 6.07) is 11.0. The van der Waals surface area contributed by atoms with Crippen molar-refractivity contribution < 1.29 is 0 Å². The van der Waals surface area contributed by atoms with Crippen LogP contribution in [0.1, 0.15) is 6.42 Å². The van der Waals surface area contributed by atoms with Crippen molar-refractivity contribution in [3.63, 3.8) is 0 Å². The van der Waals surface area contributed by atoms with Crippen molar-refractivity contribution >= 4 is 34.0 Å². The number of nitrogens with zero attached hydrogens (tertiary/aromatic N) is 3. The molecular formula is C16H13Cl2N3O. The van der Waals surface area contributed by atoms with Gasteiger partial charge in [0.2, 0.25) is 0 Å². The average Bonchev–Trinajstić information content (AvgIpc) is 2.55. The van der Waals surface area contributed by atoms with Gasteiger partial charge in [0.25, 0.3) is 5.56 Å². The van der Waals surface area contributed by atoms with Crippen molar-refractivity contribution in [1.29, 1.82) is 0 Å². The normalized spacial score (nSPS) is 11.0. The molecule has 0 aliphatic carbocycles. The molecule has 0 amide bonds. The lowest BCUT2D eigenvalue weighted by Gasteiger charge is -2.10. The van der Waals surface area contributed by atoms with Crippen molar-refractivity contribution in [3.05, 3.63) is 58.1 Å². The van der Waals surface area contributed by atoms with Gasteiger partial charge in [-0.3, -0.25) is 4.79 Å². The van der Waals surface area contributed by atoms with Gasteiger partial charge in [0.15, 0.2) is 0 Å². The van der Waals surface area contributed by atoms with Gasteiger partial charge in [0.1, 0.15) is 10.8 Å². The third-order valence-corrected chi connectivity index (χ3v) is 3.86. The van der Waals surface area contributed by atoms with Gasteiger partial charge < -0.3 is 0 Å². The summed E-state index contributed by atoms with van der Waals surface area (Å²) < 4.78 is 1.47. The van der Waals surface area contributed by atoms with Gasteiger partial charge in [-0.05, 0) is 24.6 Å². The Bertz CT molecular complexity index is 859. The quantitative estimate of drug-likeness (QED) is 0.539. The fraction of sp³-hybridized carbons (Fsp3) is 0.188. The van der Waals surface area contributed by atoms with E-state index in [0.29, 0.717) is 35.1 Å². The van der Waals surface area contributed by atoms with Crippen molar-refractivity contribution in [2.45, 2.75) is 13.0 Å². The fourth-order valence-corrected chi connectivity index (χ4v) is 2.56. The highest BCUT2D eigenvalue weighted by Crippen LogP contribution is 2.24. The Morgan fingerprint density at radius 3 is 2.55 bits per heavy atom. The Labute approximate surface area is 137 Å². The van der Waals surface area contributed by atoms with E-state index in [4.69, 9.17) is 23.2 Å². The zero-order valence-corrected chi connectivity index (χ0v) is 13.2. The first-order chi connectivity index (χ1) is 10.7. The van der Waals surface area contributed by atoms with E-state index in [0.717, 1.165) is 10.9 Å². The highest BCUT2D eigenvalue weighted by molar-refractivity contribution is 6.29. The van der Waals surface area contributed by atoms with Crippen LogP contribution in [-0.4, -0.2) is 20.6 Å². The third kappa shape index (κ3) is 2.85. The molecule has 0 spiro atoms. The third-order valence-electron chi connectivity index (χ3n) is 3.37. The molecule has 2 heterocycles. The molecule has 0 aliphatic rings. The molecule has 6 heteroatoms. The standard InChI is InChI=1S/C16H13Cl2N3O/c17-8-3-9-21-16(22)13-5-2-1-4-12(13)15(20-21)11-6-7-14(18)19-10-11/h1-2,4-7,10H,3,8-9H2. The second-order valence-electron chi connectivity index (χ2n) is 4.83. The van der Waals surface area contributed by atoms with Crippen LogP contribution in [0.15, 0.2) is 47.4 Å². The summed E-state index contributed by atoms with van der Waals surface area (Å²) in [5.74, 6) is 0.485. The SMILES string of the molecule is O=c1c2ccccc2c(-c2ccc(Cl)nc2)nn1CCCCl. The van der Waals surface area contributed by atoms with E-state index in [1.165, 1.54) is 4.68 Å². The number of pyridine rings is 1. The summed E-state index contributed by atoms with van der Waals surface area (Å²) in [4.78, 5) is 16.6. The largest absolute Gasteiger partial charge is 0.274 e. The zero-order chi connectivity index (χ0) is 15.5. The molecule has 0 saturated heterocycles. The summed E-state index contributed by atoms with van der Waals surface area (Å²) in [5, 5.41) is 6.36. The molecule has 0 atom stereocenters. The molecule has 0 unspecified atom stereocenters. The first-order valence-electron chi connectivity index (χ1n) is 6.88. The summed E-state index contributed by atoms with van der Waals surface area (Å²) >= 11 is 11.6. The first kappa shape index (κ1) is 15.0. The van der Waals surface area contributed by atoms with E-state index in [-0.39, 0.29) is 5.56 Å². The minimum absolute atomic E-state index is 0.105. The molecule has 0 aliphatic heterocycles. The molecule has 0 fully saturated rings. The maximum atomic E-state index is 12.5. The summed E-state index contributed by atoms with van der Waals surface area (Å²) in [5.41, 5.74) is 1.43. The average molecular weight is 334 g/mol. The number of hydrogen-bond donors (Lipinski definition) is 0. The summed E-state index contributed by atoms with van der Waals surface area (Å²) in [6.45, 7) is 0.487. The predicted octanol–water partition coefficient (Wildman–Crippen LogP) is 3.74. The van der Waals surface area contributed by atoms with Crippen LogP contribution in [0.4, 0.5) is 0 Å². The number of fused-ring (bicyclic) bond motifs is 1. The van der Waals surface area contributed by atoms with E-state index in [1.54, 1.807) is 12.3 Å². The summed E-state index contributed by atoms with van der Waals surface area (Å²) in [7, 11) is 0. The van der Waals surface area contributed by atoms with E-state index >= 15 is 0 Å². The zero-order valence-electron chi connectivity index (χ0n) is 11.7. The highest BCUT2D eigenvalue weighted by atomic mass is 35.5. The van der Waals surface area contributed by atoms with Gasteiger partial charge in [0.05, 0.1) is 5.39 Å². The van der Waals surface area contributed by atoms with Crippen LogP contribution in [0.25, 0.3) is 22.0 Å². The lowest BCUT2D eigenvalue weighted by Crippen LogP contribution is -2.24. The molecule has 3 aromatic rings. The van der Waals surface area contributed by atoms with E-state index < -0.39 is 0 Å². The molecule has 0 N–H and O–H groups in total. The van der Waals surface area contributed by atoms with Crippen LogP contribution in [0.2, 0.25) is 5.15 Å². The number of rotatable bonds is 4. The second kappa shape index (κ2) is 6.46. The maximum Gasteiger partial charge on any atom is 0.274 e. The van der Waals surface area contributed by atoms with Crippen molar-refractivity contribution in [2.24, 2.45) is 0 Å². The van der Waals surface area contributed by atoms with E-state index in [1.807, 2.05) is 30.3 Å². The Hall–Kier alpha value is -1.91. The van der Waals surface area contributed by atoms with Crippen molar-refractivity contribution in [3.8, 4) is 11.3 Å². The fourth-order valence-electron chi connectivity index (χ4n) is 2.33. The summed E-state index contributed by atoms with van der Waals surface area (Å²) in [6.07, 6.45) is 2.35. The number of alkyl halides is 1. The molecular weight excluding hydrogens is 321 g/mol. The van der Waals surface area contributed by atoms with Crippen LogP contribution < -0.4 is 5.56 Å². The topological polar surface area (TPSA) is 47.8 Å². The van der Waals surface area contributed by atoms with Crippen LogP contribution in [0, 0.1) is 0 Å². The van der Waals surface area contributed by atoms with E-state index in [2.05, 4.69) is 10.1 Å². The molecule has 0 bridgehead atoms. The van der Waals surface area contributed by atoms with Crippen LogP contribution in [0.5, 0.6) is 0 Å². The molecule has 0 saturated carbocycles. The van der Waals surface area contributed by atoms with E-state index in [9.17, 15) is 4.79 Å². The first-order valence-corrected chi connectivity index (χ1v) is 7.79. The number of benzene rings is 1. The molecule has 1 aromatic carbocycles. The minimum atomic E-state index is -0.105. The van der Waals surface area contributed by atoms with Crippen LogP contribution >= 0.6 is 23.2 Å². The predicted molar refractivity (Wildman–Crippen MR) is 89.6 cm³/mol. The number of hydrogen-bond acceptors (Lipinski definition) is 3.